The van der Waals surface area contributed by atoms with Crippen LogP contribution < -0.4 is 14.8 Å². The number of rotatable bonds is 8. The van der Waals surface area contributed by atoms with Crippen LogP contribution in [0.2, 0.25) is 0 Å². The maximum Gasteiger partial charge on any atom is 0.237 e. The van der Waals surface area contributed by atoms with E-state index in [-0.39, 0.29) is 18.6 Å². The summed E-state index contributed by atoms with van der Waals surface area (Å²) in [6.45, 7) is 4.53. The molecule has 2 N–H and O–H groups in total. The number of aliphatic hydroxyl groups excluding tert-OH is 1. The van der Waals surface area contributed by atoms with Crippen LogP contribution >= 0.6 is 0 Å². The molecule has 1 aliphatic rings. The molecule has 1 atom stereocenters. The van der Waals surface area contributed by atoms with Gasteiger partial charge in [0.15, 0.2) is 11.5 Å². The molecule has 2 rings (SSSR count). The molecule has 1 heterocycles. The van der Waals surface area contributed by atoms with Crippen molar-refractivity contribution >= 4 is 5.91 Å². The zero-order chi connectivity index (χ0) is 18.2. The van der Waals surface area contributed by atoms with Gasteiger partial charge in [-0.2, -0.15) is 0 Å². The monoisotopic (exact) mass is 350 g/mol. The molecule has 0 spiro atoms. The Hall–Kier alpha value is -1.79. The van der Waals surface area contributed by atoms with Gasteiger partial charge in [-0.15, -0.1) is 0 Å². The summed E-state index contributed by atoms with van der Waals surface area (Å²) >= 11 is 0. The number of hydrogen-bond donors (Lipinski definition) is 2. The summed E-state index contributed by atoms with van der Waals surface area (Å²) in [5, 5.41) is 12.2. The molecule has 1 aliphatic heterocycles. The average molecular weight is 350 g/mol. The smallest absolute Gasteiger partial charge is 0.237 e. The van der Waals surface area contributed by atoms with Gasteiger partial charge >= 0.3 is 0 Å². The quantitative estimate of drug-likeness (QED) is 0.743. The van der Waals surface area contributed by atoms with E-state index in [4.69, 9.17) is 9.47 Å². The predicted octanol–water partition coefficient (Wildman–Crippen LogP) is 1.46. The van der Waals surface area contributed by atoms with Gasteiger partial charge in [-0.3, -0.25) is 9.69 Å². The van der Waals surface area contributed by atoms with Crippen LogP contribution in [0, 0.1) is 5.92 Å². The van der Waals surface area contributed by atoms with E-state index in [1.807, 2.05) is 25.1 Å². The average Bonchev–Trinajstić information content (AvgIpc) is 2.67. The van der Waals surface area contributed by atoms with Crippen molar-refractivity contribution in [2.45, 2.75) is 32.2 Å². The highest BCUT2D eigenvalue weighted by atomic mass is 16.5. The summed E-state index contributed by atoms with van der Waals surface area (Å²) in [6.07, 6.45) is 2.66. The summed E-state index contributed by atoms with van der Waals surface area (Å²) < 4.78 is 10.5. The molecule has 6 nitrogen and oxygen atoms in total. The third-order valence-electron chi connectivity index (χ3n) is 5.00. The van der Waals surface area contributed by atoms with Gasteiger partial charge in [0.1, 0.15) is 0 Å². The molecular weight excluding hydrogens is 320 g/mol. The lowest BCUT2D eigenvalue weighted by Crippen LogP contribution is -2.48. The number of methoxy groups -OCH3 is 2. The van der Waals surface area contributed by atoms with E-state index in [2.05, 4.69) is 10.2 Å². The normalized spacial score (nSPS) is 17.1. The minimum Gasteiger partial charge on any atom is -0.493 e. The van der Waals surface area contributed by atoms with E-state index in [0.717, 1.165) is 37.9 Å². The number of hydrogen-bond acceptors (Lipinski definition) is 5. The van der Waals surface area contributed by atoms with E-state index < -0.39 is 0 Å². The summed E-state index contributed by atoms with van der Waals surface area (Å²) in [5.41, 5.74) is 1.09. The zero-order valence-electron chi connectivity index (χ0n) is 15.5. The van der Waals surface area contributed by atoms with Gasteiger partial charge in [0.05, 0.1) is 20.3 Å². The molecule has 1 unspecified atom stereocenters. The molecule has 140 valence electrons. The van der Waals surface area contributed by atoms with Crippen molar-refractivity contribution in [3.05, 3.63) is 23.8 Å². The van der Waals surface area contributed by atoms with Gasteiger partial charge in [-0.1, -0.05) is 6.07 Å². The second-order valence-electron chi connectivity index (χ2n) is 6.57. The molecule has 6 heteroatoms. The fourth-order valence-corrected chi connectivity index (χ4v) is 3.20. The summed E-state index contributed by atoms with van der Waals surface area (Å²) in [4.78, 5) is 14.6. The fourth-order valence-electron chi connectivity index (χ4n) is 3.20. The van der Waals surface area contributed by atoms with Crippen molar-refractivity contribution < 1.29 is 19.4 Å². The number of nitrogens with zero attached hydrogens (tertiary/aromatic N) is 1. The van der Waals surface area contributed by atoms with E-state index in [9.17, 15) is 9.90 Å². The third kappa shape index (κ3) is 5.34. The van der Waals surface area contributed by atoms with Gasteiger partial charge in [-0.05, 0) is 62.9 Å². The van der Waals surface area contributed by atoms with Crippen LogP contribution in [0.5, 0.6) is 11.5 Å². The first-order chi connectivity index (χ1) is 12.1. The predicted molar refractivity (Wildman–Crippen MR) is 97.1 cm³/mol. The number of aliphatic hydroxyl groups is 1. The molecule has 0 bridgehead atoms. The van der Waals surface area contributed by atoms with E-state index in [0.29, 0.717) is 24.0 Å². The van der Waals surface area contributed by atoms with Crippen LogP contribution in [0.4, 0.5) is 0 Å². The molecule has 0 saturated carbocycles. The van der Waals surface area contributed by atoms with Crippen molar-refractivity contribution in [2.24, 2.45) is 5.92 Å². The number of likely N-dealkylation sites (tertiary alicyclic amines) is 1. The van der Waals surface area contributed by atoms with Gasteiger partial charge < -0.3 is 19.9 Å². The Balaban J connectivity index is 1.78. The second kappa shape index (κ2) is 9.63. The number of nitrogens with one attached hydrogen (secondary N) is 1. The molecule has 0 aromatic heterocycles. The Morgan fingerprint density at radius 1 is 1.28 bits per heavy atom. The lowest BCUT2D eigenvalue weighted by Gasteiger charge is -2.34. The minimum atomic E-state index is -0.134. The first kappa shape index (κ1) is 19.5. The lowest BCUT2D eigenvalue weighted by atomic mass is 9.97. The van der Waals surface area contributed by atoms with Crippen LogP contribution in [-0.4, -0.2) is 62.4 Å². The number of ether oxygens (including phenoxy) is 2. The van der Waals surface area contributed by atoms with Crippen molar-refractivity contribution in [3.8, 4) is 11.5 Å². The minimum absolute atomic E-state index is 0.0583. The maximum atomic E-state index is 12.4. The third-order valence-corrected chi connectivity index (χ3v) is 5.00. The summed E-state index contributed by atoms with van der Waals surface area (Å²) in [6, 6.07) is 5.67. The van der Waals surface area contributed by atoms with Crippen LogP contribution in [-0.2, 0) is 11.2 Å². The largest absolute Gasteiger partial charge is 0.493 e. The van der Waals surface area contributed by atoms with Gasteiger partial charge in [0.2, 0.25) is 5.91 Å². The Bertz CT molecular complexity index is 556. The van der Waals surface area contributed by atoms with Crippen molar-refractivity contribution in [1.29, 1.82) is 0 Å². The number of carbonyl (C=O) groups excluding carboxylic acids is 1. The summed E-state index contributed by atoms with van der Waals surface area (Å²) in [5.74, 6) is 1.85. The second-order valence-corrected chi connectivity index (χ2v) is 6.57. The standard InChI is InChI=1S/C19H30N2O4/c1-14(21-10-7-16(13-22)8-11-21)19(23)20-9-6-15-4-5-17(24-2)18(12-15)25-3/h4-5,12,14,16,22H,6-11,13H2,1-3H3,(H,20,23). The van der Waals surface area contributed by atoms with Gasteiger partial charge in [0, 0.05) is 13.2 Å². The molecule has 0 aliphatic carbocycles. The molecule has 1 aromatic rings. The fraction of sp³-hybridized carbons (Fsp3) is 0.632. The Morgan fingerprint density at radius 2 is 1.96 bits per heavy atom. The number of amides is 1. The Kier molecular flexibility index (Phi) is 7.52. The maximum absolute atomic E-state index is 12.4. The molecule has 1 saturated heterocycles. The van der Waals surface area contributed by atoms with E-state index in [1.54, 1.807) is 14.2 Å². The Morgan fingerprint density at radius 3 is 2.56 bits per heavy atom. The van der Waals surface area contributed by atoms with Crippen molar-refractivity contribution in [1.82, 2.24) is 10.2 Å². The molecular formula is C19H30N2O4. The number of benzene rings is 1. The highest BCUT2D eigenvalue weighted by Gasteiger charge is 2.25. The molecule has 1 aromatic carbocycles. The van der Waals surface area contributed by atoms with Crippen molar-refractivity contribution in [3.63, 3.8) is 0 Å². The van der Waals surface area contributed by atoms with Gasteiger partial charge in [0.25, 0.3) is 0 Å². The lowest BCUT2D eigenvalue weighted by molar-refractivity contribution is -0.126. The molecule has 1 amide bonds. The highest BCUT2D eigenvalue weighted by molar-refractivity contribution is 5.81. The van der Waals surface area contributed by atoms with E-state index >= 15 is 0 Å². The number of piperidine rings is 1. The molecule has 0 radical (unpaired) electrons. The first-order valence-corrected chi connectivity index (χ1v) is 8.92. The van der Waals surface area contributed by atoms with Crippen LogP contribution in [0.25, 0.3) is 0 Å². The van der Waals surface area contributed by atoms with E-state index in [1.165, 1.54) is 0 Å². The van der Waals surface area contributed by atoms with Gasteiger partial charge in [-0.25, -0.2) is 0 Å². The Labute approximate surface area is 150 Å². The first-order valence-electron chi connectivity index (χ1n) is 8.92. The molecule has 1 fully saturated rings. The van der Waals surface area contributed by atoms with Crippen LogP contribution in [0.15, 0.2) is 18.2 Å². The zero-order valence-corrected chi connectivity index (χ0v) is 15.5. The van der Waals surface area contributed by atoms with Crippen molar-refractivity contribution in [2.75, 3.05) is 40.5 Å². The highest BCUT2D eigenvalue weighted by Crippen LogP contribution is 2.27. The summed E-state index contributed by atoms with van der Waals surface area (Å²) in [7, 11) is 3.23. The molecule has 25 heavy (non-hydrogen) atoms. The number of carbonyl (C=O) groups is 1. The SMILES string of the molecule is COc1ccc(CCNC(=O)C(C)N2CCC(CO)CC2)cc1OC. The topological polar surface area (TPSA) is 71.0 Å². The van der Waals surface area contributed by atoms with Crippen LogP contribution in [0.1, 0.15) is 25.3 Å². The van der Waals surface area contributed by atoms with Crippen LogP contribution in [0.3, 0.4) is 0 Å².